The van der Waals surface area contributed by atoms with Crippen molar-refractivity contribution >= 4 is 17.7 Å². The standard InChI is InChI=1S/C6H13NOS.C6H14.C2H6.H2/c1-4(2)6(8)5(3)9-7;1-4-5-6(2)3;1-2;/h4-5H,7H2,1-3H3;6H,4-5H2,1-3H3;1-2H3;1H. The first kappa shape index (κ1) is 22.2. The van der Waals surface area contributed by atoms with Crippen LogP contribution in [0.15, 0.2) is 0 Å². The molecule has 2 N–H and O–H groups in total. The maximum atomic E-state index is 11.0. The first-order valence-corrected chi connectivity index (χ1v) is 7.70. The third-order valence-corrected chi connectivity index (χ3v) is 2.68. The molecule has 3 heteroatoms. The molecule has 0 aliphatic carbocycles. The Labute approximate surface area is 115 Å². The molecule has 0 aromatic carbocycles. The molecule has 0 aliphatic heterocycles. The molecule has 0 amide bonds. The molecular weight excluding hydrogens is 230 g/mol. The first-order valence-electron chi connectivity index (χ1n) is 6.75. The topological polar surface area (TPSA) is 43.1 Å². The van der Waals surface area contributed by atoms with Gasteiger partial charge in [0.25, 0.3) is 0 Å². The zero-order chi connectivity index (χ0) is 14.4. The highest BCUT2D eigenvalue weighted by Gasteiger charge is 2.14. The highest BCUT2D eigenvalue weighted by molar-refractivity contribution is 7.98. The van der Waals surface area contributed by atoms with E-state index in [2.05, 4.69) is 20.8 Å². The zero-order valence-corrected chi connectivity index (χ0v) is 13.9. The number of carbonyl (C=O) groups excluding carboxylic acids is 1. The van der Waals surface area contributed by atoms with Gasteiger partial charge in [-0.25, -0.2) is 0 Å². The summed E-state index contributed by atoms with van der Waals surface area (Å²) in [5.74, 6) is 1.23. The third kappa shape index (κ3) is 18.5. The summed E-state index contributed by atoms with van der Waals surface area (Å²) in [6, 6.07) is 0. The molecule has 0 aromatic heterocycles. The Kier molecular flexibility index (Phi) is 20.9. The lowest BCUT2D eigenvalue weighted by Crippen LogP contribution is -2.20. The summed E-state index contributed by atoms with van der Waals surface area (Å²) in [7, 11) is 0. The second-order valence-corrected chi connectivity index (χ2v) is 5.50. The Morgan fingerprint density at radius 2 is 1.59 bits per heavy atom. The van der Waals surface area contributed by atoms with Gasteiger partial charge in [-0.3, -0.25) is 9.93 Å². The predicted molar refractivity (Wildman–Crippen MR) is 84.3 cm³/mol. The van der Waals surface area contributed by atoms with Crippen LogP contribution in [0, 0.1) is 11.8 Å². The largest absolute Gasteiger partial charge is 0.298 e. The summed E-state index contributed by atoms with van der Waals surface area (Å²) in [6.07, 6.45) is 2.71. The lowest BCUT2D eigenvalue weighted by atomic mass is 10.1. The van der Waals surface area contributed by atoms with Crippen molar-refractivity contribution in [3.63, 3.8) is 0 Å². The fourth-order valence-corrected chi connectivity index (χ4v) is 1.52. The second-order valence-electron chi connectivity index (χ2n) is 4.52. The Morgan fingerprint density at radius 1 is 1.18 bits per heavy atom. The van der Waals surface area contributed by atoms with Crippen molar-refractivity contribution in [3.8, 4) is 0 Å². The SMILES string of the molecule is CC.CC(C)C(=O)C(C)SN.CCCC(C)C.[HH]. The smallest absolute Gasteiger partial charge is 0.149 e. The average molecular weight is 266 g/mol. The minimum absolute atomic E-state index is 0. The van der Waals surface area contributed by atoms with E-state index in [1.165, 1.54) is 12.8 Å². The van der Waals surface area contributed by atoms with Crippen LogP contribution in [0.5, 0.6) is 0 Å². The van der Waals surface area contributed by atoms with Crippen LogP contribution in [0.1, 0.15) is 69.7 Å². The van der Waals surface area contributed by atoms with Gasteiger partial charge in [-0.05, 0) is 12.8 Å². The van der Waals surface area contributed by atoms with Crippen LogP contribution in [-0.4, -0.2) is 11.0 Å². The van der Waals surface area contributed by atoms with Gasteiger partial charge < -0.3 is 0 Å². The molecule has 2 nitrogen and oxygen atoms in total. The van der Waals surface area contributed by atoms with Gasteiger partial charge in [-0.2, -0.15) is 0 Å². The normalized spacial score (nSPS) is 11.2. The average Bonchev–Trinajstić information content (AvgIpc) is 2.30. The van der Waals surface area contributed by atoms with Gasteiger partial charge in [-0.15, -0.1) is 0 Å². The molecule has 0 saturated carbocycles. The Bertz CT molecular complexity index is 164. The minimum Gasteiger partial charge on any atom is -0.298 e. The Balaban J connectivity index is -0.0000000958. The quantitative estimate of drug-likeness (QED) is 0.717. The van der Waals surface area contributed by atoms with Crippen molar-refractivity contribution in [2.45, 2.75) is 73.5 Å². The van der Waals surface area contributed by atoms with Crippen LogP contribution in [0.4, 0.5) is 0 Å². The molecule has 0 fully saturated rings. The highest BCUT2D eigenvalue weighted by Crippen LogP contribution is 2.08. The number of hydrogen-bond donors (Lipinski definition) is 1. The predicted octanol–water partition coefficient (Wildman–Crippen LogP) is 4.92. The molecule has 0 rings (SSSR count). The van der Waals surface area contributed by atoms with Crippen molar-refractivity contribution in [1.29, 1.82) is 0 Å². The van der Waals surface area contributed by atoms with Crippen molar-refractivity contribution < 1.29 is 6.22 Å². The number of rotatable bonds is 5. The van der Waals surface area contributed by atoms with Gasteiger partial charge in [0.2, 0.25) is 0 Å². The molecule has 0 saturated heterocycles. The fourth-order valence-electron chi connectivity index (χ4n) is 1.11. The van der Waals surface area contributed by atoms with E-state index in [4.69, 9.17) is 5.14 Å². The van der Waals surface area contributed by atoms with Crippen LogP contribution >= 0.6 is 11.9 Å². The lowest BCUT2D eigenvalue weighted by molar-refractivity contribution is -0.121. The number of hydrogen-bond acceptors (Lipinski definition) is 3. The van der Waals surface area contributed by atoms with Gasteiger partial charge in [0.05, 0.1) is 5.25 Å². The zero-order valence-electron chi connectivity index (χ0n) is 13.0. The molecule has 108 valence electrons. The second kappa shape index (κ2) is 16.0. The third-order valence-electron chi connectivity index (χ3n) is 2.04. The molecule has 1 atom stereocenters. The monoisotopic (exact) mass is 265 g/mol. The molecule has 0 radical (unpaired) electrons. The van der Waals surface area contributed by atoms with E-state index in [0.29, 0.717) is 0 Å². The van der Waals surface area contributed by atoms with Crippen molar-refractivity contribution in [2.75, 3.05) is 0 Å². The van der Waals surface area contributed by atoms with E-state index in [-0.39, 0.29) is 18.4 Å². The summed E-state index contributed by atoms with van der Waals surface area (Å²) >= 11 is 1.11. The van der Waals surface area contributed by atoms with Crippen molar-refractivity contribution in [1.82, 2.24) is 0 Å². The fraction of sp³-hybridized carbons (Fsp3) is 0.929. The molecule has 0 aromatic rings. The van der Waals surface area contributed by atoms with Crippen LogP contribution in [0.25, 0.3) is 0 Å². The Hall–Kier alpha value is -0.0200. The van der Waals surface area contributed by atoms with Gasteiger partial charge in [0, 0.05) is 7.34 Å². The first-order chi connectivity index (χ1) is 7.86. The molecule has 0 bridgehead atoms. The molecule has 0 aliphatic rings. The summed E-state index contributed by atoms with van der Waals surface area (Å²) in [5.41, 5.74) is 0. The van der Waals surface area contributed by atoms with Crippen LogP contribution in [0.3, 0.4) is 0 Å². The number of ketones is 1. The van der Waals surface area contributed by atoms with Gasteiger partial charge in [0.15, 0.2) is 0 Å². The molecule has 17 heavy (non-hydrogen) atoms. The molecule has 1 unspecified atom stereocenters. The maximum Gasteiger partial charge on any atom is 0.149 e. The number of carbonyl (C=O) groups is 1. The van der Waals surface area contributed by atoms with Crippen LogP contribution in [-0.2, 0) is 4.79 Å². The van der Waals surface area contributed by atoms with Gasteiger partial charge in [0.1, 0.15) is 5.78 Å². The van der Waals surface area contributed by atoms with Crippen molar-refractivity contribution in [3.05, 3.63) is 0 Å². The summed E-state index contributed by atoms with van der Waals surface area (Å²) in [6.45, 7) is 16.3. The highest BCUT2D eigenvalue weighted by atomic mass is 32.2. The molecule has 0 spiro atoms. The summed E-state index contributed by atoms with van der Waals surface area (Å²) < 4.78 is 0. The van der Waals surface area contributed by atoms with E-state index in [1.807, 2.05) is 34.6 Å². The molecular formula is C14H35NOS. The lowest BCUT2D eigenvalue weighted by Gasteiger charge is -2.07. The minimum atomic E-state index is -0.0509. The van der Waals surface area contributed by atoms with Crippen LogP contribution in [0.2, 0.25) is 0 Å². The van der Waals surface area contributed by atoms with E-state index < -0.39 is 0 Å². The van der Waals surface area contributed by atoms with E-state index in [1.54, 1.807) is 0 Å². The van der Waals surface area contributed by atoms with Gasteiger partial charge in [-0.1, -0.05) is 73.3 Å². The number of nitrogens with two attached hydrogens (primary N) is 1. The summed E-state index contributed by atoms with van der Waals surface area (Å²) in [4.78, 5) is 11.0. The summed E-state index contributed by atoms with van der Waals surface area (Å²) in [5, 5.41) is 5.16. The van der Waals surface area contributed by atoms with E-state index in [0.717, 1.165) is 17.9 Å². The number of Topliss-reactive ketones (excluding diaryl/α,β-unsaturated/α-hetero) is 1. The van der Waals surface area contributed by atoms with Crippen LogP contribution < -0.4 is 5.14 Å². The van der Waals surface area contributed by atoms with Gasteiger partial charge >= 0.3 is 0 Å². The Morgan fingerprint density at radius 3 is 1.65 bits per heavy atom. The van der Waals surface area contributed by atoms with Crippen molar-refractivity contribution in [2.24, 2.45) is 17.0 Å². The van der Waals surface area contributed by atoms with E-state index >= 15 is 0 Å². The van der Waals surface area contributed by atoms with E-state index in [9.17, 15) is 4.79 Å². The molecule has 0 heterocycles. The maximum absolute atomic E-state index is 11.0.